The van der Waals surface area contributed by atoms with Gasteiger partial charge in [0.25, 0.3) is 0 Å². The zero-order valence-corrected chi connectivity index (χ0v) is 9.02. The summed E-state index contributed by atoms with van der Waals surface area (Å²) in [5.41, 5.74) is 5.41. The highest BCUT2D eigenvalue weighted by molar-refractivity contribution is 5.80. The molecule has 0 unspecified atom stereocenters. The quantitative estimate of drug-likeness (QED) is 0.756. The van der Waals surface area contributed by atoms with Crippen molar-refractivity contribution in [1.82, 2.24) is 15.1 Å². The molecule has 0 radical (unpaired) electrons. The number of nitrogens with one attached hydrogen (secondary N) is 1. The van der Waals surface area contributed by atoms with Gasteiger partial charge in [-0.1, -0.05) is 0 Å². The SMILES string of the molecule is Nc1ccc(NCC(=O)N2CCCC2)nn1. The molecule has 1 aromatic heterocycles. The zero-order chi connectivity index (χ0) is 11.4. The summed E-state index contributed by atoms with van der Waals surface area (Å²) in [6.45, 7) is 2.00. The molecule has 6 nitrogen and oxygen atoms in total. The van der Waals surface area contributed by atoms with E-state index in [0.717, 1.165) is 25.9 Å². The lowest BCUT2D eigenvalue weighted by atomic mass is 10.4. The van der Waals surface area contributed by atoms with Crippen LogP contribution in [0.1, 0.15) is 12.8 Å². The summed E-state index contributed by atoms with van der Waals surface area (Å²) in [5, 5.41) is 10.4. The van der Waals surface area contributed by atoms with E-state index in [1.54, 1.807) is 12.1 Å². The number of nitrogens with two attached hydrogens (primary N) is 1. The van der Waals surface area contributed by atoms with E-state index in [0.29, 0.717) is 11.6 Å². The number of nitrogens with zero attached hydrogens (tertiary/aromatic N) is 3. The van der Waals surface area contributed by atoms with Crippen molar-refractivity contribution in [2.45, 2.75) is 12.8 Å². The van der Waals surface area contributed by atoms with Gasteiger partial charge in [-0.3, -0.25) is 4.79 Å². The predicted octanol–water partition coefficient (Wildman–Crippen LogP) is 0.0931. The minimum atomic E-state index is 0.108. The van der Waals surface area contributed by atoms with Gasteiger partial charge in [-0.15, -0.1) is 10.2 Å². The van der Waals surface area contributed by atoms with Gasteiger partial charge in [-0.05, 0) is 25.0 Å². The van der Waals surface area contributed by atoms with Crippen LogP contribution in [0.15, 0.2) is 12.1 Å². The lowest BCUT2D eigenvalue weighted by molar-refractivity contribution is -0.128. The number of carbonyl (C=O) groups excluding carboxylic acids is 1. The van der Waals surface area contributed by atoms with Crippen LogP contribution < -0.4 is 11.1 Å². The fourth-order valence-corrected chi connectivity index (χ4v) is 1.68. The van der Waals surface area contributed by atoms with Gasteiger partial charge in [0, 0.05) is 13.1 Å². The Morgan fingerprint density at radius 3 is 2.75 bits per heavy atom. The predicted molar refractivity (Wildman–Crippen MR) is 60.7 cm³/mol. The molecule has 1 aromatic rings. The first kappa shape index (κ1) is 10.7. The average Bonchev–Trinajstić information content (AvgIpc) is 2.81. The van der Waals surface area contributed by atoms with Crippen molar-refractivity contribution >= 4 is 17.5 Å². The van der Waals surface area contributed by atoms with E-state index in [9.17, 15) is 4.79 Å². The second-order valence-corrected chi connectivity index (χ2v) is 3.78. The van der Waals surface area contributed by atoms with Gasteiger partial charge in [0.2, 0.25) is 5.91 Å². The van der Waals surface area contributed by atoms with Gasteiger partial charge >= 0.3 is 0 Å². The first-order valence-electron chi connectivity index (χ1n) is 5.36. The summed E-state index contributed by atoms with van der Waals surface area (Å²) < 4.78 is 0. The molecule has 16 heavy (non-hydrogen) atoms. The monoisotopic (exact) mass is 221 g/mol. The van der Waals surface area contributed by atoms with E-state index in [2.05, 4.69) is 15.5 Å². The number of carbonyl (C=O) groups is 1. The van der Waals surface area contributed by atoms with Crippen molar-refractivity contribution < 1.29 is 4.79 Å². The van der Waals surface area contributed by atoms with E-state index >= 15 is 0 Å². The highest BCUT2D eigenvalue weighted by atomic mass is 16.2. The van der Waals surface area contributed by atoms with Gasteiger partial charge in [0.15, 0.2) is 0 Å². The van der Waals surface area contributed by atoms with Crippen molar-refractivity contribution in [2.24, 2.45) is 0 Å². The number of aromatic nitrogens is 2. The largest absolute Gasteiger partial charge is 0.382 e. The third-order valence-corrected chi connectivity index (χ3v) is 2.56. The Labute approximate surface area is 93.8 Å². The zero-order valence-electron chi connectivity index (χ0n) is 9.02. The molecule has 6 heteroatoms. The van der Waals surface area contributed by atoms with Crippen LogP contribution in [0.3, 0.4) is 0 Å². The summed E-state index contributed by atoms with van der Waals surface area (Å²) in [7, 11) is 0. The molecule has 0 saturated carbocycles. The van der Waals surface area contributed by atoms with Crippen LogP contribution in [0.25, 0.3) is 0 Å². The lowest BCUT2D eigenvalue weighted by Crippen LogP contribution is -2.33. The number of hydrogen-bond acceptors (Lipinski definition) is 5. The van der Waals surface area contributed by atoms with E-state index < -0.39 is 0 Å². The van der Waals surface area contributed by atoms with Gasteiger partial charge in [0.1, 0.15) is 11.6 Å². The minimum absolute atomic E-state index is 0.108. The molecule has 2 rings (SSSR count). The smallest absolute Gasteiger partial charge is 0.241 e. The molecule has 0 spiro atoms. The van der Waals surface area contributed by atoms with Crippen LogP contribution in [0.4, 0.5) is 11.6 Å². The summed E-state index contributed by atoms with van der Waals surface area (Å²) >= 11 is 0. The third kappa shape index (κ3) is 2.59. The minimum Gasteiger partial charge on any atom is -0.382 e. The highest BCUT2D eigenvalue weighted by Crippen LogP contribution is 2.08. The summed E-state index contributed by atoms with van der Waals surface area (Å²) in [4.78, 5) is 13.5. The Hall–Kier alpha value is -1.85. The molecule has 1 fully saturated rings. The fraction of sp³-hybridized carbons (Fsp3) is 0.500. The highest BCUT2D eigenvalue weighted by Gasteiger charge is 2.17. The van der Waals surface area contributed by atoms with Crippen LogP contribution in [0, 0.1) is 0 Å². The first-order chi connectivity index (χ1) is 7.75. The lowest BCUT2D eigenvalue weighted by Gasteiger charge is -2.15. The van der Waals surface area contributed by atoms with Crippen LogP contribution in [-0.2, 0) is 4.79 Å². The number of nitrogen functional groups attached to an aromatic ring is 1. The summed E-state index contributed by atoms with van der Waals surface area (Å²) in [5.74, 6) is 1.05. The number of hydrogen-bond donors (Lipinski definition) is 2. The van der Waals surface area contributed by atoms with Crippen LogP contribution >= 0.6 is 0 Å². The Kier molecular flexibility index (Phi) is 3.19. The van der Waals surface area contributed by atoms with E-state index in [1.807, 2.05) is 4.90 Å². The fourth-order valence-electron chi connectivity index (χ4n) is 1.68. The first-order valence-corrected chi connectivity index (χ1v) is 5.36. The molecule has 0 aromatic carbocycles. The molecule has 86 valence electrons. The number of rotatable bonds is 3. The summed E-state index contributed by atoms with van der Waals surface area (Å²) in [6.07, 6.45) is 2.21. The summed E-state index contributed by atoms with van der Waals surface area (Å²) in [6, 6.07) is 3.36. The normalized spacial score (nSPS) is 15.1. The maximum Gasteiger partial charge on any atom is 0.241 e. The van der Waals surface area contributed by atoms with Crippen LogP contribution in [0.2, 0.25) is 0 Å². The van der Waals surface area contributed by atoms with Crippen LogP contribution in [0.5, 0.6) is 0 Å². The van der Waals surface area contributed by atoms with Crippen molar-refractivity contribution in [2.75, 3.05) is 30.7 Å². The molecular weight excluding hydrogens is 206 g/mol. The van der Waals surface area contributed by atoms with E-state index in [4.69, 9.17) is 5.73 Å². The molecule has 0 bridgehead atoms. The van der Waals surface area contributed by atoms with Gasteiger partial charge in [-0.2, -0.15) is 0 Å². The number of anilines is 2. The van der Waals surface area contributed by atoms with Crippen molar-refractivity contribution in [3.63, 3.8) is 0 Å². The third-order valence-electron chi connectivity index (χ3n) is 2.56. The molecule has 1 aliphatic rings. The van der Waals surface area contributed by atoms with E-state index in [-0.39, 0.29) is 12.5 Å². The maximum absolute atomic E-state index is 11.7. The van der Waals surface area contributed by atoms with Crippen molar-refractivity contribution in [1.29, 1.82) is 0 Å². The molecule has 1 saturated heterocycles. The maximum atomic E-state index is 11.7. The molecule has 0 atom stereocenters. The molecule has 0 aliphatic carbocycles. The Morgan fingerprint density at radius 1 is 1.38 bits per heavy atom. The van der Waals surface area contributed by atoms with E-state index in [1.165, 1.54) is 0 Å². The Bertz CT molecular complexity index is 358. The molecular formula is C10H15N5O. The van der Waals surface area contributed by atoms with Crippen molar-refractivity contribution in [3.8, 4) is 0 Å². The molecule has 1 aliphatic heterocycles. The van der Waals surface area contributed by atoms with Gasteiger partial charge in [-0.25, -0.2) is 0 Å². The van der Waals surface area contributed by atoms with Crippen molar-refractivity contribution in [3.05, 3.63) is 12.1 Å². The number of amides is 1. The standard InChI is InChI=1S/C10H15N5O/c11-8-3-4-9(14-13-8)12-7-10(16)15-5-1-2-6-15/h3-4H,1-2,5-7H2,(H2,11,13)(H,12,14). The second-order valence-electron chi connectivity index (χ2n) is 3.78. The van der Waals surface area contributed by atoms with Crippen LogP contribution in [-0.4, -0.2) is 40.6 Å². The Balaban J connectivity index is 1.82. The molecule has 2 heterocycles. The average molecular weight is 221 g/mol. The molecule has 1 amide bonds. The topological polar surface area (TPSA) is 84.1 Å². The van der Waals surface area contributed by atoms with Gasteiger partial charge in [0.05, 0.1) is 6.54 Å². The second kappa shape index (κ2) is 4.78. The Morgan fingerprint density at radius 2 is 2.12 bits per heavy atom. The molecule has 3 N–H and O–H groups in total. The number of likely N-dealkylation sites (tertiary alicyclic amines) is 1. The van der Waals surface area contributed by atoms with Gasteiger partial charge < -0.3 is 16.0 Å².